The van der Waals surface area contributed by atoms with E-state index in [1.165, 1.54) is 10.5 Å². The van der Waals surface area contributed by atoms with Crippen molar-refractivity contribution in [2.75, 3.05) is 32.7 Å². The van der Waals surface area contributed by atoms with E-state index in [0.717, 1.165) is 36.8 Å². The Bertz CT molecular complexity index is 842. The molecule has 1 atom stereocenters. The lowest BCUT2D eigenvalue weighted by Gasteiger charge is -2.22. The van der Waals surface area contributed by atoms with E-state index in [4.69, 9.17) is 0 Å². The van der Waals surface area contributed by atoms with E-state index in [1.807, 2.05) is 18.3 Å². The molecule has 1 unspecified atom stereocenters. The number of piperidine rings is 1. The summed E-state index contributed by atoms with van der Waals surface area (Å²) in [7, 11) is 0. The van der Waals surface area contributed by atoms with Gasteiger partial charge < -0.3 is 15.6 Å². The van der Waals surface area contributed by atoms with Crippen LogP contribution in [0.5, 0.6) is 0 Å². The average Bonchev–Trinajstić information content (AvgIpc) is 3.27. The summed E-state index contributed by atoms with van der Waals surface area (Å²) >= 11 is 0. The van der Waals surface area contributed by atoms with Crippen molar-refractivity contribution in [2.24, 2.45) is 0 Å². The Kier molecular flexibility index (Phi) is 5.33. The summed E-state index contributed by atoms with van der Waals surface area (Å²) < 4.78 is 37.6. The van der Waals surface area contributed by atoms with Gasteiger partial charge in [-0.2, -0.15) is 13.2 Å². The number of nitrogens with zero attached hydrogens (tertiary/aromatic N) is 1. The summed E-state index contributed by atoms with van der Waals surface area (Å²) in [6.45, 7) is 1.65. The number of H-pyrrole nitrogens is 1. The Hall–Kier alpha value is -2.06. The number of aromatic amines is 1. The first-order valence-electron chi connectivity index (χ1n) is 9.81. The van der Waals surface area contributed by atoms with E-state index >= 15 is 0 Å². The first kappa shape index (κ1) is 19.3. The maximum absolute atomic E-state index is 12.7. The van der Waals surface area contributed by atoms with Crippen LogP contribution in [-0.4, -0.2) is 60.7 Å². The normalized spacial score (nSPS) is 22.0. The van der Waals surface area contributed by atoms with Crippen molar-refractivity contribution in [3.63, 3.8) is 0 Å². The average molecular weight is 394 g/mol. The number of halogens is 3. The molecule has 28 heavy (non-hydrogen) atoms. The molecule has 0 saturated carbocycles. The number of nitrogens with one attached hydrogen (secondary N) is 3. The van der Waals surface area contributed by atoms with Crippen LogP contribution >= 0.6 is 0 Å². The van der Waals surface area contributed by atoms with Crippen LogP contribution in [-0.2, 0) is 0 Å². The topological polar surface area (TPSA) is 60.2 Å². The van der Waals surface area contributed by atoms with E-state index < -0.39 is 12.7 Å². The number of alkyl halides is 3. The number of carbonyl (C=O) groups is 1. The lowest BCUT2D eigenvalue weighted by Crippen LogP contribution is -2.39. The number of likely N-dealkylation sites (tertiary alicyclic amines) is 1. The number of hydrogen-bond donors (Lipinski definition) is 3. The monoisotopic (exact) mass is 394 g/mol. The van der Waals surface area contributed by atoms with Crippen molar-refractivity contribution in [3.8, 4) is 0 Å². The highest BCUT2D eigenvalue weighted by molar-refractivity contribution is 5.99. The minimum atomic E-state index is -4.21. The second-order valence-electron chi connectivity index (χ2n) is 7.84. The third kappa shape index (κ3) is 4.33. The molecule has 2 aromatic rings. The predicted molar refractivity (Wildman–Crippen MR) is 102 cm³/mol. The summed E-state index contributed by atoms with van der Waals surface area (Å²) in [6, 6.07) is 5.32. The minimum Gasteiger partial charge on any atom is -0.361 e. The van der Waals surface area contributed by atoms with Crippen LogP contribution in [0, 0.1) is 0 Å². The van der Waals surface area contributed by atoms with Crippen LogP contribution in [0.15, 0.2) is 24.4 Å². The Labute approximate surface area is 161 Å². The molecule has 3 N–H and O–H groups in total. The number of benzene rings is 1. The minimum absolute atomic E-state index is 0.224. The van der Waals surface area contributed by atoms with Gasteiger partial charge in [0.15, 0.2) is 0 Å². The summed E-state index contributed by atoms with van der Waals surface area (Å²) in [5.74, 6) is 0.247. The molecule has 4 rings (SSSR count). The van der Waals surface area contributed by atoms with Crippen LogP contribution in [0.3, 0.4) is 0 Å². The zero-order valence-corrected chi connectivity index (χ0v) is 15.6. The SMILES string of the molecule is O=C(NC1CCN(CC(F)(F)F)C1)c1ccc2[nH]cc(C3CCNCC3)c2c1. The molecule has 1 aromatic carbocycles. The fourth-order valence-corrected chi connectivity index (χ4v) is 4.37. The number of fused-ring (bicyclic) bond motifs is 1. The van der Waals surface area contributed by atoms with E-state index in [1.54, 1.807) is 6.07 Å². The molecule has 1 amide bonds. The van der Waals surface area contributed by atoms with Crippen LogP contribution in [0.2, 0.25) is 0 Å². The Morgan fingerprint density at radius 2 is 2.00 bits per heavy atom. The van der Waals surface area contributed by atoms with Gasteiger partial charge in [-0.1, -0.05) is 0 Å². The predicted octanol–water partition coefficient (Wildman–Crippen LogP) is 3.00. The zero-order chi connectivity index (χ0) is 19.7. The molecule has 3 heterocycles. The van der Waals surface area contributed by atoms with E-state index in [2.05, 4.69) is 15.6 Å². The Morgan fingerprint density at radius 1 is 1.21 bits per heavy atom. The third-order valence-electron chi connectivity index (χ3n) is 5.77. The first-order valence-corrected chi connectivity index (χ1v) is 9.81. The zero-order valence-electron chi connectivity index (χ0n) is 15.6. The lowest BCUT2D eigenvalue weighted by atomic mass is 9.89. The van der Waals surface area contributed by atoms with Gasteiger partial charge in [-0.3, -0.25) is 9.69 Å². The summed E-state index contributed by atoms with van der Waals surface area (Å²) in [6.07, 6.45) is 0.507. The quantitative estimate of drug-likeness (QED) is 0.747. The molecule has 2 aliphatic heterocycles. The Balaban J connectivity index is 1.44. The van der Waals surface area contributed by atoms with Crippen molar-refractivity contribution in [3.05, 3.63) is 35.5 Å². The van der Waals surface area contributed by atoms with Gasteiger partial charge in [0.1, 0.15) is 0 Å². The molecule has 5 nitrogen and oxygen atoms in total. The maximum Gasteiger partial charge on any atom is 0.401 e. The molecular weight excluding hydrogens is 369 g/mol. The van der Waals surface area contributed by atoms with Crippen LogP contribution in [0.25, 0.3) is 10.9 Å². The molecule has 8 heteroatoms. The van der Waals surface area contributed by atoms with Gasteiger partial charge >= 0.3 is 6.18 Å². The number of hydrogen-bond acceptors (Lipinski definition) is 3. The Morgan fingerprint density at radius 3 is 2.75 bits per heavy atom. The van der Waals surface area contributed by atoms with Crippen molar-refractivity contribution >= 4 is 16.8 Å². The molecule has 152 valence electrons. The summed E-state index contributed by atoms with van der Waals surface area (Å²) in [4.78, 5) is 17.3. The van der Waals surface area contributed by atoms with Crippen LogP contribution in [0.4, 0.5) is 13.2 Å². The molecule has 0 spiro atoms. The smallest absolute Gasteiger partial charge is 0.361 e. The van der Waals surface area contributed by atoms with Gasteiger partial charge in [0.25, 0.3) is 5.91 Å². The van der Waals surface area contributed by atoms with Crippen molar-refractivity contribution in [1.29, 1.82) is 0 Å². The number of aromatic nitrogens is 1. The van der Waals surface area contributed by atoms with Crippen LogP contribution in [0.1, 0.15) is 41.1 Å². The van der Waals surface area contributed by atoms with Gasteiger partial charge in [-0.05, 0) is 62.0 Å². The highest BCUT2D eigenvalue weighted by Gasteiger charge is 2.34. The van der Waals surface area contributed by atoms with E-state index in [-0.39, 0.29) is 18.5 Å². The van der Waals surface area contributed by atoms with Gasteiger partial charge in [-0.15, -0.1) is 0 Å². The first-order chi connectivity index (χ1) is 13.4. The molecule has 2 saturated heterocycles. The summed E-state index contributed by atoms with van der Waals surface area (Å²) in [5, 5.41) is 7.32. The number of carbonyl (C=O) groups excluding carboxylic acids is 1. The van der Waals surface area contributed by atoms with Gasteiger partial charge in [-0.25, -0.2) is 0 Å². The van der Waals surface area contributed by atoms with Crippen molar-refractivity contribution < 1.29 is 18.0 Å². The fourth-order valence-electron chi connectivity index (χ4n) is 4.37. The largest absolute Gasteiger partial charge is 0.401 e. The van der Waals surface area contributed by atoms with E-state index in [9.17, 15) is 18.0 Å². The molecule has 2 aliphatic rings. The maximum atomic E-state index is 12.7. The van der Waals surface area contributed by atoms with Crippen LogP contribution < -0.4 is 10.6 Å². The molecule has 0 radical (unpaired) electrons. The van der Waals surface area contributed by atoms with Gasteiger partial charge in [0.2, 0.25) is 0 Å². The standard InChI is InChI=1S/C20H25F3N4O/c21-20(22,23)12-27-8-5-15(11-27)26-19(28)14-1-2-18-16(9-14)17(10-25-18)13-3-6-24-7-4-13/h1-2,9-10,13,15,24-25H,3-8,11-12H2,(H,26,28). The third-order valence-corrected chi connectivity index (χ3v) is 5.77. The van der Waals surface area contributed by atoms with Gasteiger partial charge in [0.05, 0.1) is 6.54 Å². The highest BCUT2D eigenvalue weighted by Crippen LogP contribution is 2.32. The lowest BCUT2D eigenvalue weighted by molar-refractivity contribution is -0.143. The molecular formula is C20H25F3N4O. The number of amides is 1. The van der Waals surface area contributed by atoms with Crippen molar-refractivity contribution in [1.82, 2.24) is 20.5 Å². The van der Waals surface area contributed by atoms with Crippen molar-refractivity contribution in [2.45, 2.75) is 37.4 Å². The fraction of sp³-hybridized carbons (Fsp3) is 0.550. The molecule has 2 fully saturated rings. The number of rotatable bonds is 4. The second-order valence-corrected chi connectivity index (χ2v) is 7.84. The second kappa shape index (κ2) is 7.75. The summed E-state index contributed by atoms with van der Waals surface area (Å²) in [5.41, 5.74) is 2.79. The molecule has 1 aromatic heterocycles. The van der Waals surface area contributed by atoms with E-state index in [0.29, 0.717) is 24.4 Å². The molecule has 0 aliphatic carbocycles. The highest BCUT2D eigenvalue weighted by atomic mass is 19.4. The molecule has 0 bridgehead atoms. The van der Waals surface area contributed by atoms with Gasteiger partial charge in [0, 0.05) is 41.8 Å².